The Labute approximate surface area is 96.3 Å². The summed E-state index contributed by atoms with van der Waals surface area (Å²) in [6, 6.07) is 0. The first-order valence-electron chi connectivity index (χ1n) is 5.57. The molecular formula is C12H19NO3. The molecule has 1 rings (SSSR count). The van der Waals surface area contributed by atoms with Crippen LogP contribution >= 0.6 is 0 Å². The summed E-state index contributed by atoms with van der Waals surface area (Å²) in [5.41, 5.74) is 0.385. The number of carbonyl (C=O) groups is 1. The molecule has 0 fully saturated rings. The van der Waals surface area contributed by atoms with Gasteiger partial charge in [0.05, 0.1) is 0 Å². The van der Waals surface area contributed by atoms with Crippen LogP contribution in [0.1, 0.15) is 33.6 Å². The summed E-state index contributed by atoms with van der Waals surface area (Å²) in [7, 11) is 0. The Morgan fingerprint density at radius 3 is 2.75 bits per heavy atom. The Morgan fingerprint density at radius 2 is 2.31 bits per heavy atom. The highest BCUT2D eigenvalue weighted by molar-refractivity contribution is 5.93. The van der Waals surface area contributed by atoms with Crippen LogP contribution in [0.2, 0.25) is 0 Å². The first kappa shape index (κ1) is 12.7. The average Bonchev–Trinajstić information content (AvgIpc) is 2.71. The largest absolute Gasteiger partial charge is 0.475 e. The molecule has 4 heteroatoms. The van der Waals surface area contributed by atoms with Crippen molar-refractivity contribution in [3.63, 3.8) is 0 Å². The van der Waals surface area contributed by atoms with Crippen molar-refractivity contribution in [2.75, 3.05) is 13.2 Å². The second-order valence-corrected chi connectivity index (χ2v) is 4.08. The topological polar surface area (TPSA) is 47.9 Å². The summed E-state index contributed by atoms with van der Waals surface area (Å²) >= 11 is 0. The van der Waals surface area contributed by atoms with Crippen molar-refractivity contribution in [2.45, 2.75) is 39.2 Å². The summed E-state index contributed by atoms with van der Waals surface area (Å²) in [4.78, 5) is 15.6. The lowest BCUT2D eigenvalue weighted by Gasteiger charge is -2.21. The lowest BCUT2D eigenvalue weighted by atomic mass is 10.0. The fourth-order valence-corrected chi connectivity index (χ4v) is 1.38. The van der Waals surface area contributed by atoms with Crippen LogP contribution in [0.4, 0.5) is 0 Å². The molecule has 16 heavy (non-hydrogen) atoms. The number of hydrogen-bond acceptors (Lipinski definition) is 4. The van der Waals surface area contributed by atoms with Crippen LogP contribution in [-0.4, -0.2) is 30.6 Å². The Kier molecular flexibility index (Phi) is 4.10. The first-order chi connectivity index (χ1) is 7.53. The van der Waals surface area contributed by atoms with Crippen LogP contribution in [0.15, 0.2) is 17.1 Å². The molecule has 4 nitrogen and oxygen atoms in total. The predicted octanol–water partition coefficient (Wildman–Crippen LogP) is 2.09. The van der Waals surface area contributed by atoms with Crippen LogP contribution in [0.3, 0.4) is 0 Å². The van der Waals surface area contributed by atoms with E-state index in [4.69, 9.17) is 9.47 Å². The quantitative estimate of drug-likeness (QED) is 0.673. The van der Waals surface area contributed by atoms with Gasteiger partial charge in [-0.05, 0) is 13.3 Å². The molecule has 0 saturated carbocycles. The molecule has 1 aliphatic heterocycles. The van der Waals surface area contributed by atoms with Crippen LogP contribution in [0, 0.1) is 0 Å². The molecule has 1 unspecified atom stereocenters. The van der Waals surface area contributed by atoms with Gasteiger partial charge >= 0.3 is 5.97 Å². The zero-order valence-corrected chi connectivity index (χ0v) is 10.2. The molecule has 0 aliphatic carbocycles. The maximum Gasteiger partial charge on any atom is 0.305 e. The molecule has 0 aromatic heterocycles. The molecule has 0 aromatic carbocycles. The molecule has 1 heterocycles. The van der Waals surface area contributed by atoms with Crippen molar-refractivity contribution in [2.24, 2.45) is 4.99 Å². The van der Waals surface area contributed by atoms with Crippen molar-refractivity contribution in [1.82, 2.24) is 0 Å². The minimum absolute atomic E-state index is 0.202. The second-order valence-electron chi connectivity index (χ2n) is 4.08. The maximum absolute atomic E-state index is 11.1. The van der Waals surface area contributed by atoms with E-state index >= 15 is 0 Å². The molecule has 0 bridgehead atoms. The molecule has 0 saturated heterocycles. The van der Waals surface area contributed by atoms with E-state index in [-0.39, 0.29) is 12.6 Å². The van der Waals surface area contributed by atoms with Crippen LogP contribution in [0.5, 0.6) is 0 Å². The van der Waals surface area contributed by atoms with Gasteiger partial charge in [0.15, 0.2) is 0 Å². The first-order valence-corrected chi connectivity index (χ1v) is 5.57. The highest BCUT2D eigenvalue weighted by atomic mass is 16.5. The summed E-state index contributed by atoms with van der Waals surface area (Å²) in [6.07, 6.45) is 1.17. The summed E-state index contributed by atoms with van der Waals surface area (Å²) in [6.45, 7) is 10.2. The molecule has 1 atom stereocenters. The number of aliphatic imine (C=N–C) groups is 1. The van der Waals surface area contributed by atoms with Gasteiger partial charge in [-0.3, -0.25) is 4.79 Å². The van der Waals surface area contributed by atoms with E-state index in [1.165, 1.54) is 0 Å². The number of hydrogen-bond donors (Lipinski definition) is 0. The van der Waals surface area contributed by atoms with E-state index in [0.717, 1.165) is 12.0 Å². The van der Waals surface area contributed by atoms with Crippen molar-refractivity contribution >= 4 is 11.9 Å². The van der Waals surface area contributed by atoms with E-state index in [0.29, 0.717) is 18.9 Å². The molecule has 0 aromatic rings. The van der Waals surface area contributed by atoms with Crippen LogP contribution < -0.4 is 0 Å². The van der Waals surface area contributed by atoms with Gasteiger partial charge in [0.1, 0.15) is 18.8 Å². The fourth-order valence-electron chi connectivity index (χ4n) is 1.38. The molecule has 1 aliphatic rings. The highest BCUT2D eigenvalue weighted by Crippen LogP contribution is 2.25. The van der Waals surface area contributed by atoms with E-state index in [1.54, 1.807) is 6.92 Å². The van der Waals surface area contributed by atoms with Gasteiger partial charge in [0, 0.05) is 12.0 Å². The minimum Gasteiger partial charge on any atom is -0.475 e. The van der Waals surface area contributed by atoms with Crippen molar-refractivity contribution < 1.29 is 14.3 Å². The number of nitrogens with zero attached hydrogens (tertiary/aromatic N) is 1. The van der Waals surface area contributed by atoms with Gasteiger partial charge in [-0.15, -0.1) is 0 Å². The number of esters is 1. The van der Waals surface area contributed by atoms with Gasteiger partial charge in [-0.1, -0.05) is 20.4 Å². The minimum atomic E-state index is -0.418. The lowest BCUT2D eigenvalue weighted by Crippen LogP contribution is -2.34. The monoisotopic (exact) mass is 225 g/mol. The Hall–Kier alpha value is -1.32. The summed E-state index contributed by atoms with van der Waals surface area (Å²) in [5.74, 6) is 0.376. The zero-order valence-electron chi connectivity index (χ0n) is 10.2. The van der Waals surface area contributed by atoms with E-state index < -0.39 is 5.54 Å². The van der Waals surface area contributed by atoms with Gasteiger partial charge in [-0.2, -0.15) is 0 Å². The fraction of sp³-hybridized carbons (Fsp3) is 0.667. The van der Waals surface area contributed by atoms with Crippen molar-refractivity contribution in [3.05, 3.63) is 12.2 Å². The SMILES string of the molecule is C=C(C)C1=NC(CC)(COC(=O)CC)CO1. The van der Waals surface area contributed by atoms with E-state index in [2.05, 4.69) is 11.6 Å². The maximum atomic E-state index is 11.1. The van der Waals surface area contributed by atoms with Gasteiger partial charge < -0.3 is 9.47 Å². The molecule has 0 N–H and O–H groups in total. The zero-order chi connectivity index (χ0) is 12.2. The smallest absolute Gasteiger partial charge is 0.305 e. The van der Waals surface area contributed by atoms with Crippen LogP contribution in [0.25, 0.3) is 0 Å². The normalized spacial score (nSPS) is 23.6. The lowest BCUT2D eigenvalue weighted by molar-refractivity contribution is -0.145. The number of carbonyl (C=O) groups excluding carboxylic acids is 1. The summed E-state index contributed by atoms with van der Waals surface area (Å²) < 4.78 is 10.6. The van der Waals surface area contributed by atoms with Gasteiger partial charge in [0.25, 0.3) is 0 Å². The standard InChI is InChI=1S/C12H19NO3/c1-5-10(14)15-7-12(6-2)8-16-11(13-12)9(3)4/h3,5-8H2,1-2,4H3. The Morgan fingerprint density at radius 1 is 1.62 bits per heavy atom. The average molecular weight is 225 g/mol. The van der Waals surface area contributed by atoms with Gasteiger partial charge in [0.2, 0.25) is 5.90 Å². The Balaban J connectivity index is 2.66. The van der Waals surface area contributed by atoms with Crippen molar-refractivity contribution in [1.29, 1.82) is 0 Å². The van der Waals surface area contributed by atoms with Crippen molar-refractivity contribution in [3.8, 4) is 0 Å². The van der Waals surface area contributed by atoms with Crippen LogP contribution in [-0.2, 0) is 14.3 Å². The van der Waals surface area contributed by atoms with E-state index in [9.17, 15) is 4.79 Å². The second kappa shape index (κ2) is 5.14. The third-order valence-electron chi connectivity index (χ3n) is 2.63. The number of rotatable bonds is 5. The number of ether oxygens (including phenoxy) is 2. The summed E-state index contributed by atoms with van der Waals surface area (Å²) in [5, 5.41) is 0. The third kappa shape index (κ3) is 2.84. The molecular weight excluding hydrogens is 206 g/mol. The van der Waals surface area contributed by atoms with Gasteiger partial charge in [-0.25, -0.2) is 4.99 Å². The molecule has 0 radical (unpaired) electrons. The molecule has 0 spiro atoms. The highest BCUT2D eigenvalue weighted by Gasteiger charge is 2.36. The third-order valence-corrected chi connectivity index (χ3v) is 2.63. The predicted molar refractivity (Wildman–Crippen MR) is 62.5 cm³/mol. The molecule has 90 valence electrons. The van der Waals surface area contributed by atoms with E-state index in [1.807, 2.05) is 13.8 Å². The Bertz CT molecular complexity index is 322. The molecule has 0 amide bonds.